The minimum Gasteiger partial charge on any atom is -0.493 e. The Hall–Kier alpha value is -3.10. The van der Waals surface area contributed by atoms with Crippen LogP contribution in [0, 0.1) is 14.4 Å². The molecular formula is C39H41ClINO4. The van der Waals surface area contributed by atoms with Gasteiger partial charge in [0.25, 0.3) is 0 Å². The van der Waals surface area contributed by atoms with E-state index in [-0.39, 0.29) is 22.4 Å². The fourth-order valence-electron chi connectivity index (χ4n) is 7.37. The fraction of sp³-hybridized carbons (Fsp3) is 0.385. The number of carbonyl (C=O) groups is 2. The van der Waals surface area contributed by atoms with Crippen LogP contribution in [0.2, 0.25) is 5.02 Å². The molecule has 3 aromatic rings. The molecule has 3 aliphatic rings. The van der Waals surface area contributed by atoms with Crippen LogP contribution in [0.5, 0.6) is 11.5 Å². The molecule has 6 rings (SSSR count). The first-order chi connectivity index (χ1) is 21.9. The van der Waals surface area contributed by atoms with Gasteiger partial charge in [0, 0.05) is 52.9 Å². The van der Waals surface area contributed by atoms with Crippen LogP contribution in [0.3, 0.4) is 0 Å². The quantitative estimate of drug-likeness (QED) is 0.215. The molecule has 0 radical (unpaired) electrons. The maximum absolute atomic E-state index is 14.3. The predicted octanol–water partition coefficient (Wildman–Crippen LogP) is 9.46. The highest BCUT2D eigenvalue weighted by Crippen LogP contribution is 2.55. The summed E-state index contributed by atoms with van der Waals surface area (Å²) in [5.41, 5.74) is 6.40. The molecule has 0 aromatic heterocycles. The van der Waals surface area contributed by atoms with Crippen LogP contribution in [0.25, 0.3) is 0 Å². The average Bonchev–Trinajstić information content (AvgIpc) is 2.98. The van der Waals surface area contributed by atoms with Gasteiger partial charge in [-0.25, -0.2) is 0 Å². The van der Waals surface area contributed by atoms with Gasteiger partial charge in [-0.15, -0.1) is 0 Å². The number of ketones is 2. The molecule has 3 aromatic carbocycles. The highest BCUT2D eigenvalue weighted by molar-refractivity contribution is 14.1. The number of benzene rings is 3. The van der Waals surface area contributed by atoms with Crippen molar-refractivity contribution in [2.45, 2.75) is 72.3 Å². The normalized spacial score (nSPS) is 19.2. The third-order valence-corrected chi connectivity index (χ3v) is 10.4. The van der Waals surface area contributed by atoms with E-state index in [0.717, 1.165) is 63.0 Å². The molecule has 5 nitrogen and oxygen atoms in total. The molecule has 1 aliphatic heterocycles. The highest BCUT2D eigenvalue weighted by Gasteiger charge is 2.49. The van der Waals surface area contributed by atoms with Crippen LogP contribution in [0.15, 0.2) is 89.3 Å². The largest absolute Gasteiger partial charge is 0.493 e. The summed E-state index contributed by atoms with van der Waals surface area (Å²) in [5, 5.41) is 0.655. The highest BCUT2D eigenvalue weighted by atomic mass is 127. The lowest BCUT2D eigenvalue weighted by atomic mass is 9.63. The molecule has 0 fully saturated rings. The van der Waals surface area contributed by atoms with Crippen LogP contribution in [-0.4, -0.2) is 30.1 Å². The zero-order chi connectivity index (χ0) is 32.8. The van der Waals surface area contributed by atoms with Gasteiger partial charge < -0.3 is 14.4 Å². The van der Waals surface area contributed by atoms with Crippen molar-refractivity contribution in [1.82, 2.24) is 4.90 Å². The first kappa shape index (κ1) is 32.8. The predicted molar refractivity (Wildman–Crippen MR) is 191 cm³/mol. The van der Waals surface area contributed by atoms with E-state index in [2.05, 4.69) is 85.5 Å². The third kappa shape index (κ3) is 6.66. The molecular weight excluding hydrogens is 709 g/mol. The number of halogens is 2. The minimum absolute atomic E-state index is 0.125. The Morgan fingerprint density at radius 1 is 0.826 bits per heavy atom. The molecule has 0 saturated heterocycles. The summed E-state index contributed by atoms with van der Waals surface area (Å²) in [5.74, 6) is 1.00. The van der Waals surface area contributed by atoms with Crippen molar-refractivity contribution in [2.24, 2.45) is 10.8 Å². The van der Waals surface area contributed by atoms with Crippen LogP contribution in [-0.2, 0) is 22.6 Å². The Kier molecular flexibility index (Phi) is 9.16. The van der Waals surface area contributed by atoms with Crippen molar-refractivity contribution >= 4 is 45.8 Å². The van der Waals surface area contributed by atoms with Crippen LogP contribution in [0.1, 0.15) is 76.0 Å². The molecule has 0 bridgehead atoms. The van der Waals surface area contributed by atoms with Gasteiger partial charge in [-0.2, -0.15) is 0 Å². The first-order valence-electron chi connectivity index (χ1n) is 15.9. The summed E-state index contributed by atoms with van der Waals surface area (Å²) in [6.45, 7) is 9.76. The number of hydrogen-bond acceptors (Lipinski definition) is 5. The maximum atomic E-state index is 14.3. The number of carbonyl (C=O) groups excluding carboxylic acids is 2. The molecule has 1 heterocycles. The fourth-order valence-corrected chi connectivity index (χ4v) is 8.36. The average molecular weight is 750 g/mol. The number of Topliss-reactive ketones (excluding diaryl/α,β-unsaturated/α-hetero) is 2. The number of rotatable bonds is 8. The summed E-state index contributed by atoms with van der Waals surface area (Å²) in [4.78, 5) is 30.9. The van der Waals surface area contributed by atoms with E-state index in [1.54, 1.807) is 7.11 Å². The van der Waals surface area contributed by atoms with Crippen molar-refractivity contribution in [2.75, 3.05) is 13.7 Å². The molecule has 0 saturated carbocycles. The van der Waals surface area contributed by atoms with Gasteiger partial charge >= 0.3 is 0 Å². The van der Waals surface area contributed by atoms with E-state index in [1.807, 2.05) is 36.4 Å². The summed E-state index contributed by atoms with van der Waals surface area (Å²) in [6.07, 6.45) is 3.28. The van der Waals surface area contributed by atoms with Gasteiger partial charge in [0.1, 0.15) is 6.61 Å². The molecule has 0 unspecified atom stereocenters. The Labute approximate surface area is 291 Å². The van der Waals surface area contributed by atoms with Crippen molar-refractivity contribution < 1.29 is 19.1 Å². The Morgan fingerprint density at radius 3 is 2.02 bits per heavy atom. The minimum atomic E-state index is -0.449. The van der Waals surface area contributed by atoms with Crippen molar-refractivity contribution in [1.29, 1.82) is 0 Å². The zero-order valence-corrected chi connectivity index (χ0v) is 30.1. The van der Waals surface area contributed by atoms with Crippen LogP contribution >= 0.6 is 34.2 Å². The lowest BCUT2D eigenvalue weighted by Crippen LogP contribution is -2.45. The van der Waals surface area contributed by atoms with Gasteiger partial charge in [0.2, 0.25) is 0 Å². The van der Waals surface area contributed by atoms with Crippen LogP contribution < -0.4 is 9.47 Å². The Balaban J connectivity index is 1.47. The van der Waals surface area contributed by atoms with Gasteiger partial charge in [-0.1, -0.05) is 81.8 Å². The molecule has 2 aliphatic carbocycles. The van der Waals surface area contributed by atoms with E-state index in [1.165, 1.54) is 5.56 Å². The maximum Gasteiger partial charge on any atom is 0.174 e. The number of nitrogens with zero attached hydrogens (tertiary/aromatic N) is 1. The topological polar surface area (TPSA) is 55.8 Å². The Morgan fingerprint density at radius 2 is 1.43 bits per heavy atom. The van der Waals surface area contributed by atoms with Crippen molar-refractivity contribution in [3.8, 4) is 11.5 Å². The molecule has 46 heavy (non-hydrogen) atoms. The Bertz CT molecular complexity index is 1700. The SMILES string of the molecule is COc1cc(C2C3=C(CC(C)(C)CC3=O)N(CCc3ccccc3)C3=C2C(=O)CC(C)(C)C3)cc(I)c1OCc1cccc(Cl)c1. The second kappa shape index (κ2) is 12.8. The molecule has 240 valence electrons. The van der Waals surface area contributed by atoms with E-state index < -0.39 is 5.92 Å². The lowest BCUT2D eigenvalue weighted by molar-refractivity contribution is -0.119. The molecule has 0 N–H and O–H groups in total. The second-order valence-corrected chi connectivity index (χ2v) is 16.0. The first-order valence-corrected chi connectivity index (χ1v) is 17.4. The molecule has 0 spiro atoms. The van der Waals surface area contributed by atoms with Gasteiger partial charge in [-0.3, -0.25) is 9.59 Å². The van der Waals surface area contributed by atoms with Crippen molar-refractivity contribution in [3.63, 3.8) is 0 Å². The van der Waals surface area contributed by atoms with Gasteiger partial charge in [-0.05, 0) is 93.6 Å². The lowest BCUT2D eigenvalue weighted by Gasteiger charge is -2.49. The molecule has 0 atom stereocenters. The van der Waals surface area contributed by atoms with Gasteiger partial charge in [0.15, 0.2) is 23.1 Å². The second-order valence-electron chi connectivity index (χ2n) is 14.4. The summed E-state index contributed by atoms with van der Waals surface area (Å²) in [7, 11) is 1.63. The monoisotopic (exact) mass is 749 g/mol. The molecule has 7 heteroatoms. The standard InChI is InChI=1S/C39H41ClINO4/c1-38(2)19-29-35(31(43)21-38)34(26-17-28(41)37(33(18-26)45-5)46-23-25-12-9-13-27(40)16-25)36-30(20-39(3,4)22-32(36)44)42(29)15-14-24-10-7-6-8-11-24/h6-13,16-18,34H,14-15,19-23H2,1-5H3. The van der Waals surface area contributed by atoms with E-state index in [4.69, 9.17) is 21.1 Å². The van der Waals surface area contributed by atoms with E-state index in [0.29, 0.717) is 36.0 Å². The van der Waals surface area contributed by atoms with E-state index in [9.17, 15) is 9.59 Å². The summed E-state index contributed by atoms with van der Waals surface area (Å²) < 4.78 is 13.0. The smallest absolute Gasteiger partial charge is 0.174 e. The summed E-state index contributed by atoms with van der Waals surface area (Å²) in [6, 6.07) is 22.1. The van der Waals surface area contributed by atoms with Crippen molar-refractivity contribution in [3.05, 3.63) is 115 Å². The summed E-state index contributed by atoms with van der Waals surface area (Å²) >= 11 is 8.48. The van der Waals surface area contributed by atoms with E-state index >= 15 is 0 Å². The number of ether oxygens (including phenoxy) is 2. The molecule has 0 amide bonds. The van der Waals surface area contributed by atoms with Gasteiger partial charge in [0.05, 0.1) is 10.7 Å². The number of hydrogen-bond donors (Lipinski definition) is 0. The number of allylic oxidation sites excluding steroid dienone is 4. The zero-order valence-electron chi connectivity index (χ0n) is 27.2. The third-order valence-electron chi connectivity index (χ3n) is 9.35. The number of methoxy groups -OCH3 is 1. The van der Waals surface area contributed by atoms with Crippen LogP contribution in [0.4, 0.5) is 0 Å².